The summed E-state index contributed by atoms with van der Waals surface area (Å²) in [6.07, 6.45) is 5.76. The SMILES string of the molecule is CC(C(=O)NCC1(c2ccccc2)CCOCC1)[NH+]1CCCCC1. The van der Waals surface area contributed by atoms with E-state index in [0.717, 1.165) is 45.7 Å². The molecule has 2 heterocycles. The number of rotatable bonds is 5. The second kappa shape index (κ2) is 8.13. The van der Waals surface area contributed by atoms with Crippen molar-refractivity contribution in [3.05, 3.63) is 35.9 Å². The summed E-state index contributed by atoms with van der Waals surface area (Å²) in [6.45, 7) is 6.61. The van der Waals surface area contributed by atoms with Gasteiger partial charge in [-0.1, -0.05) is 30.3 Å². The zero-order valence-corrected chi connectivity index (χ0v) is 14.9. The molecule has 0 aliphatic carbocycles. The molecule has 0 aromatic heterocycles. The Kier molecular flexibility index (Phi) is 5.90. The van der Waals surface area contributed by atoms with Crippen LogP contribution >= 0.6 is 0 Å². The Hall–Kier alpha value is -1.39. The lowest BCUT2D eigenvalue weighted by Gasteiger charge is -2.38. The first-order chi connectivity index (χ1) is 11.7. The summed E-state index contributed by atoms with van der Waals surface area (Å²) in [5.41, 5.74) is 1.35. The maximum absolute atomic E-state index is 12.7. The molecule has 4 nitrogen and oxygen atoms in total. The first kappa shape index (κ1) is 17.4. The zero-order valence-electron chi connectivity index (χ0n) is 14.9. The van der Waals surface area contributed by atoms with Gasteiger partial charge in [0.1, 0.15) is 0 Å². The third-order valence-electron chi connectivity index (χ3n) is 5.94. The van der Waals surface area contributed by atoms with Gasteiger partial charge in [0.25, 0.3) is 5.91 Å². The van der Waals surface area contributed by atoms with E-state index < -0.39 is 0 Å². The van der Waals surface area contributed by atoms with Crippen molar-refractivity contribution >= 4 is 5.91 Å². The number of likely N-dealkylation sites (tertiary alicyclic amines) is 1. The normalized spacial score (nSPS) is 22.7. The van der Waals surface area contributed by atoms with E-state index in [1.807, 2.05) is 0 Å². The number of amides is 1. The van der Waals surface area contributed by atoms with Crippen LogP contribution in [0.2, 0.25) is 0 Å². The van der Waals surface area contributed by atoms with Crippen molar-refractivity contribution in [2.24, 2.45) is 0 Å². The van der Waals surface area contributed by atoms with Gasteiger partial charge < -0.3 is 15.0 Å². The number of piperidine rings is 1. The van der Waals surface area contributed by atoms with Crippen LogP contribution in [-0.2, 0) is 14.9 Å². The molecule has 0 bridgehead atoms. The van der Waals surface area contributed by atoms with E-state index in [-0.39, 0.29) is 17.4 Å². The Morgan fingerprint density at radius 2 is 1.83 bits per heavy atom. The van der Waals surface area contributed by atoms with Crippen molar-refractivity contribution in [2.75, 3.05) is 32.8 Å². The van der Waals surface area contributed by atoms with Gasteiger partial charge in [0, 0.05) is 25.2 Å². The molecule has 0 saturated carbocycles. The molecule has 1 amide bonds. The highest BCUT2D eigenvalue weighted by molar-refractivity contribution is 5.80. The molecular formula is C20H31N2O2+. The number of carbonyl (C=O) groups is 1. The maximum Gasteiger partial charge on any atom is 0.278 e. The minimum Gasteiger partial charge on any atom is -0.381 e. The van der Waals surface area contributed by atoms with E-state index in [2.05, 4.69) is 42.6 Å². The first-order valence-corrected chi connectivity index (χ1v) is 9.47. The highest BCUT2D eigenvalue weighted by Gasteiger charge is 2.36. The molecule has 1 aromatic carbocycles. The van der Waals surface area contributed by atoms with Crippen LogP contribution in [0.25, 0.3) is 0 Å². The van der Waals surface area contributed by atoms with Gasteiger partial charge in [-0.2, -0.15) is 0 Å². The predicted octanol–water partition coefficient (Wildman–Crippen LogP) is 1.31. The van der Waals surface area contributed by atoms with E-state index >= 15 is 0 Å². The number of ether oxygens (including phenoxy) is 1. The molecule has 1 aromatic rings. The molecule has 2 aliphatic rings. The summed E-state index contributed by atoms with van der Waals surface area (Å²) in [7, 11) is 0. The lowest BCUT2D eigenvalue weighted by atomic mass is 9.74. The van der Waals surface area contributed by atoms with Crippen molar-refractivity contribution in [3.63, 3.8) is 0 Å². The molecule has 2 saturated heterocycles. The van der Waals surface area contributed by atoms with Crippen LogP contribution in [0, 0.1) is 0 Å². The number of nitrogens with one attached hydrogen (secondary N) is 2. The van der Waals surface area contributed by atoms with Gasteiger partial charge in [-0.3, -0.25) is 4.79 Å². The molecule has 4 heteroatoms. The number of carbonyl (C=O) groups excluding carboxylic acids is 1. The predicted molar refractivity (Wildman–Crippen MR) is 95.2 cm³/mol. The zero-order chi connectivity index (χ0) is 16.8. The van der Waals surface area contributed by atoms with Crippen LogP contribution in [0.5, 0.6) is 0 Å². The van der Waals surface area contributed by atoms with E-state index in [9.17, 15) is 4.79 Å². The second-order valence-electron chi connectivity index (χ2n) is 7.42. The van der Waals surface area contributed by atoms with Gasteiger partial charge in [0.05, 0.1) is 13.1 Å². The van der Waals surface area contributed by atoms with E-state index in [0.29, 0.717) is 0 Å². The van der Waals surface area contributed by atoms with Crippen LogP contribution < -0.4 is 10.2 Å². The second-order valence-corrected chi connectivity index (χ2v) is 7.42. The molecule has 24 heavy (non-hydrogen) atoms. The minimum absolute atomic E-state index is 0.0200. The summed E-state index contributed by atoms with van der Waals surface area (Å²) >= 11 is 0. The summed E-state index contributed by atoms with van der Waals surface area (Å²) in [6, 6.07) is 10.7. The van der Waals surface area contributed by atoms with Crippen LogP contribution in [0.3, 0.4) is 0 Å². The average Bonchev–Trinajstić information content (AvgIpc) is 2.67. The van der Waals surface area contributed by atoms with Crippen LogP contribution in [0.4, 0.5) is 0 Å². The van der Waals surface area contributed by atoms with Gasteiger partial charge in [-0.15, -0.1) is 0 Å². The molecule has 132 valence electrons. The molecule has 1 unspecified atom stereocenters. The highest BCUT2D eigenvalue weighted by Crippen LogP contribution is 2.34. The minimum atomic E-state index is 0.0200. The molecule has 0 radical (unpaired) electrons. The summed E-state index contributed by atoms with van der Waals surface area (Å²) in [5, 5.41) is 3.27. The monoisotopic (exact) mass is 331 g/mol. The van der Waals surface area contributed by atoms with E-state index in [1.54, 1.807) is 0 Å². The average molecular weight is 331 g/mol. The van der Waals surface area contributed by atoms with Crippen molar-refractivity contribution in [2.45, 2.75) is 50.5 Å². The lowest BCUT2D eigenvalue weighted by molar-refractivity contribution is -0.918. The highest BCUT2D eigenvalue weighted by atomic mass is 16.5. The van der Waals surface area contributed by atoms with Gasteiger partial charge in [-0.25, -0.2) is 0 Å². The van der Waals surface area contributed by atoms with Crippen LogP contribution in [0.1, 0.15) is 44.6 Å². The Morgan fingerprint density at radius 3 is 2.50 bits per heavy atom. The molecular weight excluding hydrogens is 300 g/mol. The van der Waals surface area contributed by atoms with Crippen LogP contribution in [0.15, 0.2) is 30.3 Å². The van der Waals surface area contributed by atoms with Crippen molar-refractivity contribution in [1.29, 1.82) is 0 Å². The third-order valence-corrected chi connectivity index (χ3v) is 5.94. The van der Waals surface area contributed by atoms with Crippen LogP contribution in [-0.4, -0.2) is 44.8 Å². The van der Waals surface area contributed by atoms with E-state index in [1.165, 1.54) is 29.7 Å². The largest absolute Gasteiger partial charge is 0.381 e. The Labute approximate surface area is 145 Å². The molecule has 2 N–H and O–H groups in total. The van der Waals surface area contributed by atoms with Crippen molar-refractivity contribution < 1.29 is 14.4 Å². The van der Waals surface area contributed by atoms with Crippen molar-refractivity contribution in [1.82, 2.24) is 5.32 Å². The number of hydrogen-bond acceptors (Lipinski definition) is 2. The van der Waals surface area contributed by atoms with E-state index in [4.69, 9.17) is 4.74 Å². The smallest absolute Gasteiger partial charge is 0.278 e. The molecule has 0 spiro atoms. The molecule has 2 fully saturated rings. The maximum atomic E-state index is 12.7. The summed E-state index contributed by atoms with van der Waals surface area (Å²) < 4.78 is 5.58. The molecule has 1 atom stereocenters. The first-order valence-electron chi connectivity index (χ1n) is 9.47. The summed E-state index contributed by atoms with van der Waals surface area (Å²) in [5.74, 6) is 0.202. The Balaban J connectivity index is 1.64. The fourth-order valence-corrected chi connectivity index (χ4v) is 4.16. The number of hydrogen-bond donors (Lipinski definition) is 2. The molecule has 3 rings (SSSR count). The lowest BCUT2D eigenvalue weighted by Crippen LogP contribution is -3.17. The standard InChI is InChI=1S/C20H30N2O2/c1-17(22-12-6-3-7-13-22)19(23)21-16-20(10-14-24-15-11-20)18-8-4-2-5-9-18/h2,4-5,8-9,17H,3,6-7,10-16H2,1H3,(H,21,23)/p+1. The van der Waals surface area contributed by atoms with Gasteiger partial charge in [0.2, 0.25) is 0 Å². The fraction of sp³-hybridized carbons (Fsp3) is 0.650. The van der Waals surface area contributed by atoms with Gasteiger partial charge >= 0.3 is 0 Å². The Morgan fingerprint density at radius 1 is 1.17 bits per heavy atom. The fourth-order valence-electron chi connectivity index (χ4n) is 4.16. The quantitative estimate of drug-likeness (QED) is 0.854. The van der Waals surface area contributed by atoms with Gasteiger partial charge in [0.15, 0.2) is 6.04 Å². The third kappa shape index (κ3) is 3.98. The summed E-state index contributed by atoms with van der Waals surface area (Å²) in [4.78, 5) is 14.1. The topological polar surface area (TPSA) is 42.8 Å². The molecule has 2 aliphatic heterocycles. The van der Waals surface area contributed by atoms with Gasteiger partial charge in [-0.05, 0) is 44.6 Å². The number of quaternary nitrogens is 1. The number of benzene rings is 1. The van der Waals surface area contributed by atoms with Crippen molar-refractivity contribution in [3.8, 4) is 0 Å². The Bertz CT molecular complexity index is 520.